The number of rotatable bonds is 7. The number of aromatic nitrogens is 2. The van der Waals surface area contributed by atoms with Gasteiger partial charge < -0.3 is 15.5 Å². The van der Waals surface area contributed by atoms with E-state index in [1.165, 1.54) is 18.5 Å². The van der Waals surface area contributed by atoms with Crippen molar-refractivity contribution in [3.8, 4) is 0 Å². The highest BCUT2D eigenvalue weighted by atomic mass is 16.1. The number of nitrogens with zero attached hydrogens (tertiary/aromatic N) is 3. The molecule has 0 unspecified atom stereocenters. The minimum absolute atomic E-state index is 0.219. The van der Waals surface area contributed by atoms with Gasteiger partial charge in [-0.25, -0.2) is 9.97 Å². The molecule has 0 spiro atoms. The van der Waals surface area contributed by atoms with E-state index < -0.39 is 0 Å². The van der Waals surface area contributed by atoms with Gasteiger partial charge in [-0.3, -0.25) is 4.79 Å². The zero-order valence-electron chi connectivity index (χ0n) is 15.6. The summed E-state index contributed by atoms with van der Waals surface area (Å²) in [7, 11) is 0. The number of aryl methyl sites for hydroxylation is 1. The van der Waals surface area contributed by atoms with Crippen LogP contribution in [0.15, 0.2) is 30.3 Å². The monoisotopic (exact) mass is 353 g/mol. The second-order valence-electron chi connectivity index (χ2n) is 6.69. The molecule has 26 heavy (non-hydrogen) atoms. The smallest absolute Gasteiger partial charge is 0.274 e. The third-order valence-corrected chi connectivity index (χ3v) is 4.50. The lowest BCUT2D eigenvalue weighted by molar-refractivity contribution is 0.102. The molecule has 1 aliphatic heterocycles. The largest absolute Gasteiger partial charge is 0.372 e. The summed E-state index contributed by atoms with van der Waals surface area (Å²) in [5, 5.41) is 6.10. The molecule has 0 atom stereocenters. The van der Waals surface area contributed by atoms with E-state index in [4.69, 9.17) is 0 Å². The van der Waals surface area contributed by atoms with Crippen LogP contribution in [0.1, 0.15) is 48.8 Å². The van der Waals surface area contributed by atoms with Crippen molar-refractivity contribution < 1.29 is 4.79 Å². The number of anilines is 3. The molecular weight excluding hydrogens is 326 g/mol. The molecule has 2 N–H and O–H groups in total. The molecule has 0 saturated carbocycles. The fraction of sp³-hybridized carbons (Fsp3) is 0.450. The number of hydrogen-bond acceptors (Lipinski definition) is 5. The van der Waals surface area contributed by atoms with Crippen molar-refractivity contribution in [3.05, 3.63) is 41.7 Å². The van der Waals surface area contributed by atoms with Gasteiger partial charge in [0.15, 0.2) is 0 Å². The molecule has 1 aliphatic rings. The molecule has 1 aromatic carbocycles. The highest BCUT2D eigenvalue weighted by molar-refractivity contribution is 6.03. The van der Waals surface area contributed by atoms with E-state index in [2.05, 4.69) is 44.6 Å². The van der Waals surface area contributed by atoms with Crippen LogP contribution in [-0.4, -0.2) is 35.5 Å². The zero-order valence-corrected chi connectivity index (χ0v) is 15.6. The number of benzene rings is 1. The van der Waals surface area contributed by atoms with Crippen LogP contribution in [-0.2, 0) is 0 Å². The molecule has 1 aromatic heterocycles. The Bertz CT molecular complexity index is 738. The van der Waals surface area contributed by atoms with Crippen molar-refractivity contribution in [1.82, 2.24) is 9.97 Å². The van der Waals surface area contributed by atoms with Crippen LogP contribution in [0.2, 0.25) is 0 Å². The third-order valence-electron chi connectivity index (χ3n) is 4.50. The Labute approximate surface area is 155 Å². The summed E-state index contributed by atoms with van der Waals surface area (Å²) < 4.78 is 0. The Kier molecular flexibility index (Phi) is 6.04. The van der Waals surface area contributed by atoms with E-state index in [9.17, 15) is 4.79 Å². The summed E-state index contributed by atoms with van der Waals surface area (Å²) in [6.45, 7) is 7.03. The predicted molar refractivity (Wildman–Crippen MR) is 106 cm³/mol. The van der Waals surface area contributed by atoms with E-state index >= 15 is 0 Å². The molecule has 6 nitrogen and oxygen atoms in total. The van der Waals surface area contributed by atoms with Crippen LogP contribution in [0.25, 0.3) is 0 Å². The van der Waals surface area contributed by atoms with Gasteiger partial charge in [-0.1, -0.05) is 13.3 Å². The molecule has 2 aromatic rings. The maximum atomic E-state index is 12.6. The number of amides is 1. The lowest BCUT2D eigenvalue weighted by Gasteiger charge is -2.17. The van der Waals surface area contributed by atoms with Gasteiger partial charge in [-0.2, -0.15) is 0 Å². The first kappa shape index (κ1) is 18.2. The normalized spacial score (nSPS) is 13.7. The Hall–Kier alpha value is -2.63. The molecular formula is C20H27N5O. The van der Waals surface area contributed by atoms with E-state index in [0.29, 0.717) is 11.6 Å². The standard InChI is InChI=1S/C20H27N5O/c1-3-4-11-21-20-22-15(2)14-18(24-20)19(26)23-16-7-9-17(10-8-16)25-12-5-6-13-25/h7-10,14H,3-6,11-13H2,1-2H3,(H,23,26)(H,21,22,24). The van der Waals surface area contributed by atoms with Gasteiger partial charge in [-0.15, -0.1) is 0 Å². The van der Waals surface area contributed by atoms with Gasteiger partial charge in [0.25, 0.3) is 5.91 Å². The lowest BCUT2D eigenvalue weighted by atomic mass is 10.2. The number of unbranched alkanes of at least 4 members (excludes halogenated alkanes) is 1. The molecule has 0 bridgehead atoms. The Morgan fingerprint density at radius 1 is 1.15 bits per heavy atom. The topological polar surface area (TPSA) is 70.2 Å². The maximum absolute atomic E-state index is 12.6. The highest BCUT2D eigenvalue weighted by Gasteiger charge is 2.13. The van der Waals surface area contributed by atoms with E-state index in [1.54, 1.807) is 6.07 Å². The van der Waals surface area contributed by atoms with E-state index in [0.717, 1.165) is 43.9 Å². The predicted octanol–water partition coefficient (Wildman–Crippen LogP) is 3.85. The van der Waals surface area contributed by atoms with Gasteiger partial charge in [0.1, 0.15) is 5.69 Å². The highest BCUT2D eigenvalue weighted by Crippen LogP contribution is 2.22. The van der Waals surface area contributed by atoms with Crippen molar-refractivity contribution in [3.63, 3.8) is 0 Å². The van der Waals surface area contributed by atoms with Crippen molar-refractivity contribution >= 4 is 23.2 Å². The summed E-state index contributed by atoms with van der Waals surface area (Å²) in [5.41, 5.74) is 3.13. The molecule has 2 heterocycles. The second-order valence-corrected chi connectivity index (χ2v) is 6.69. The summed E-state index contributed by atoms with van der Waals surface area (Å²) >= 11 is 0. The van der Waals surface area contributed by atoms with Crippen LogP contribution in [0.5, 0.6) is 0 Å². The van der Waals surface area contributed by atoms with Gasteiger partial charge in [-0.05, 0) is 56.5 Å². The van der Waals surface area contributed by atoms with Crippen molar-refractivity contribution in [2.75, 3.05) is 35.2 Å². The van der Waals surface area contributed by atoms with E-state index in [1.807, 2.05) is 19.1 Å². The van der Waals surface area contributed by atoms with Crippen LogP contribution < -0.4 is 15.5 Å². The SMILES string of the molecule is CCCCNc1nc(C)cc(C(=O)Nc2ccc(N3CCCC3)cc2)n1. The molecule has 3 rings (SSSR count). The maximum Gasteiger partial charge on any atom is 0.274 e. The van der Waals surface area contributed by atoms with Crippen LogP contribution in [0.3, 0.4) is 0 Å². The molecule has 1 fully saturated rings. The fourth-order valence-corrected chi connectivity index (χ4v) is 3.07. The fourth-order valence-electron chi connectivity index (χ4n) is 3.07. The second kappa shape index (κ2) is 8.65. The molecule has 0 radical (unpaired) electrons. The van der Waals surface area contributed by atoms with Crippen molar-refractivity contribution in [2.45, 2.75) is 39.5 Å². The molecule has 1 amide bonds. The third kappa shape index (κ3) is 4.71. The Balaban J connectivity index is 1.65. The summed E-state index contributed by atoms with van der Waals surface area (Å²) in [6.07, 6.45) is 4.64. The van der Waals surface area contributed by atoms with Gasteiger partial charge in [0, 0.05) is 36.7 Å². The number of carbonyl (C=O) groups excluding carboxylic acids is 1. The van der Waals surface area contributed by atoms with Crippen LogP contribution >= 0.6 is 0 Å². The van der Waals surface area contributed by atoms with Gasteiger partial charge in [0.2, 0.25) is 5.95 Å². The number of hydrogen-bond donors (Lipinski definition) is 2. The average molecular weight is 353 g/mol. The first-order valence-electron chi connectivity index (χ1n) is 9.41. The molecule has 138 valence electrons. The zero-order chi connectivity index (χ0) is 18.4. The molecule has 0 aliphatic carbocycles. The first-order valence-corrected chi connectivity index (χ1v) is 9.41. The quantitative estimate of drug-likeness (QED) is 0.740. The van der Waals surface area contributed by atoms with E-state index in [-0.39, 0.29) is 5.91 Å². The average Bonchev–Trinajstić information content (AvgIpc) is 3.17. The summed E-state index contributed by atoms with van der Waals surface area (Å²) in [5.74, 6) is 0.288. The number of nitrogens with one attached hydrogen (secondary N) is 2. The van der Waals surface area contributed by atoms with Crippen LogP contribution in [0, 0.1) is 6.92 Å². The Morgan fingerprint density at radius 2 is 1.88 bits per heavy atom. The summed E-state index contributed by atoms with van der Waals surface area (Å²) in [6, 6.07) is 9.72. The minimum Gasteiger partial charge on any atom is -0.372 e. The number of carbonyl (C=O) groups is 1. The molecule has 1 saturated heterocycles. The molecule has 6 heteroatoms. The minimum atomic E-state index is -0.219. The lowest BCUT2D eigenvalue weighted by Crippen LogP contribution is -2.18. The van der Waals surface area contributed by atoms with Gasteiger partial charge in [0.05, 0.1) is 0 Å². The van der Waals surface area contributed by atoms with Crippen molar-refractivity contribution in [1.29, 1.82) is 0 Å². The summed E-state index contributed by atoms with van der Waals surface area (Å²) in [4.78, 5) is 23.6. The Morgan fingerprint density at radius 3 is 2.58 bits per heavy atom. The van der Waals surface area contributed by atoms with Gasteiger partial charge >= 0.3 is 0 Å². The van der Waals surface area contributed by atoms with Crippen molar-refractivity contribution in [2.24, 2.45) is 0 Å². The van der Waals surface area contributed by atoms with Crippen LogP contribution in [0.4, 0.5) is 17.3 Å². The first-order chi connectivity index (χ1) is 12.7.